The molecule has 2 aromatic heterocycles. The maximum Gasteiger partial charge on any atom is 0.243 e. The van der Waals surface area contributed by atoms with E-state index >= 15 is 0 Å². The molecule has 0 amide bonds. The van der Waals surface area contributed by atoms with Gasteiger partial charge >= 0.3 is 0 Å². The first kappa shape index (κ1) is 15.3. The van der Waals surface area contributed by atoms with Gasteiger partial charge in [-0.15, -0.1) is 0 Å². The molecular weight excluding hydrogens is 326 g/mol. The molecule has 1 saturated heterocycles. The lowest BCUT2D eigenvalue weighted by Gasteiger charge is -2.16. The van der Waals surface area contributed by atoms with Crippen molar-refractivity contribution in [2.75, 3.05) is 13.1 Å². The van der Waals surface area contributed by atoms with Crippen molar-refractivity contribution in [2.24, 2.45) is 13.0 Å². The van der Waals surface area contributed by atoms with Crippen LogP contribution in [-0.4, -0.2) is 45.8 Å². The molecule has 1 aromatic carbocycles. The van der Waals surface area contributed by atoms with Gasteiger partial charge in [0.05, 0.1) is 22.8 Å². The summed E-state index contributed by atoms with van der Waals surface area (Å²) in [5.41, 5.74) is 1.89. The largest absolute Gasteiger partial charge is 0.278 e. The van der Waals surface area contributed by atoms with Crippen LogP contribution in [0.15, 0.2) is 41.7 Å². The van der Waals surface area contributed by atoms with Gasteiger partial charge in [0.2, 0.25) is 10.0 Å². The summed E-state index contributed by atoms with van der Waals surface area (Å²) in [6, 6.07) is 5.10. The molecule has 4 rings (SSSR count). The fourth-order valence-corrected chi connectivity index (χ4v) is 4.88. The first-order valence-corrected chi connectivity index (χ1v) is 9.37. The van der Waals surface area contributed by atoms with Gasteiger partial charge in [0.15, 0.2) is 0 Å². The van der Waals surface area contributed by atoms with Gasteiger partial charge < -0.3 is 0 Å². The van der Waals surface area contributed by atoms with Crippen LogP contribution in [0, 0.1) is 5.92 Å². The molecule has 0 aliphatic carbocycles. The van der Waals surface area contributed by atoms with E-state index in [4.69, 9.17) is 0 Å². The van der Waals surface area contributed by atoms with E-state index < -0.39 is 10.0 Å². The lowest BCUT2D eigenvalue weighted by atomic mass is 10.0. The summed E-state index contributed by atoms with van der Waals surface area (Å²) in [5.74, 6) is 0.333. The Morgan fingerprint density at radius 3 is 3.00 bits per heavy atom. The van der Waals surface area contributed by atoms with Crippen LogP contribution in [0.4, 0.5) is 0 Å². The van der Waals surface area contributed by atoms with Crippen LogP contribution in [0.5, 0.6) is 0 Å². The van der Waals surface area contributed by atoms with E-state index in [2.05, 4.69) is 15.3 Å². The molecule has 0 saturated carbocycles. The highest BCUT2D eigenvalue weighted by Gasteiger charge is 2.32. The second-order valence-electron chi connectivity index (χ2n) is 6.36. The Kier molecular flexibility index (Phi) is 3.65. The van der Waals surface area contributed by atoms with E-state index in [1.807, 2.05) is 19.4 Å². The Labute approximate surface area is 140 Å². The number of sulfonamides is 1. The molecule has 0 bridgehead atoms. The van der Waals surface area contributed by atoms with Gasteiger partial charge in [0.1, 0.15) is 0 Å². The average Bonchev–Trinajstić information content (AvgIpc) is 3.28. The predicted molar refractivity (Wildman–Crippen MR) is 89.9 cm³/mol. The smallest absolute Gasteiger partial charge is 0.243 e. The molecule has 24 heavy (non-hydrogen) atoms. The van der Waals surface area contributed by atoms with Crippen molar-refractivity contribution in [3.8, 4) is 0 Å². The minimum absolute atomic E-state index is 0.321. The number of aromatic amines is 1. The molecule has 3 aromatic rings. The van der Waals surface area contributed by atoms with Crippen LogP contribution in [0.2, 0.25) is 0 Å². The Bertz CT molecular complexity index is 975. The van der Waals surface area contributed by atoms with Crippen LogP contribution in [0.25, 0.3) is 10.9 Å². The third kappa shape index (κ3) is 2.71. The Morgan fingerprint density at radius 1 is 1.33 bits per heavy atom. The van der Waals surface area contributed by atoms with Gasteiger partial charge in [-0.25, -0.2) is 8.42 Å². The highest BCUT2D eigenvalue weighted by Crippen LogP contribution is 2.27. The van der Waals surface area contributed by atoms with Crippen molar-refractivity contribution >= 4 is 20.9 Å². The molecule has 1 aliphatic rings. The van der Waals surface area contributed by atoms with Gasteiger partial charge in [-0.3, -0.25) is 9.78 Å². The number of nitrogens with zero attached hydrogens (tertiary/aromatic N) is 4. The third-order valence-electron chi connectivity index (χ3n) is 4.58. The minimum atomic E-state index is -3.46. The van der Waals surface area contributed by atoms with Crippen molar-refractivity contribution < 1.29 is 8.42 Å². The third-order valence-corrected chi connectivity index (χ3v) is 6.44. The van der Waals surface area contributed by atoms with Gasteiger partial charge in [-0.2, -0.15) is 14.5 Å². The molecule has 126 valence electrons. The number of aryl methyl sites for hydroxylation is 1. The first-order chi connectivity index (χ1) is 11.5. The molecule has 1 N–H and O–H groups in total. The van der Waals surface area contributed by atoms with Gasteiger partial charge in [-0.05, 0) is 42.5 Å². The summed E-state index contributed by atoms with van der Waals surface area (Å²) in [7, 11) is -1.57. The van der Waals surface area contributed by atoms with Crippen molar-refractivity contribution in [1.29, 1.82) is 0 Å². The van der Waals surface area contributed by atoms with Crippen molar-refractivity contribution in [3.05, 3.63) is 42.4 Å². The summed E-state index contributed by atoms with van der Waals surface area (Å²) >= 11 is 0. The van der Waals surface area contributed by atoms with E-state index in [0.717, 1.165) is 29.3 Å². The normalized spacial score (nSPS) is 19.3. The zero-order chi connectivity index (χ0) is 16.7. The second kappa shape index (κ2) is 5.71. The lowest BCUT2D eigenvalue weighted by molar-refractivity contribution is 0.456. The SMILES string of the molecule is Cn1cc(CC2CCN(S(=O)(=O)c3ccc4cn[nH]c4c3)C2)cn1. The molecule has 1 atom stereocenters. The predicted octanol–water partition coefficient (Wildman–Crippen LogP) is 1.55. The molecule has 1 unspecified atom stereocenters. The fraction of sp³-hybridized carbons (Fsp3) is 0.375. The van der Waals surface area contributed by atoms with Crippen molar-refractivity contribution in [3.63, 3.8) is 0 Å². The molecule has 7 nitrogen and oxygen atoms in total. The maximum absolute atomic E-state index is 12.9. The average molecular weight is 345 g/mol. The number of nitrogens with one attached hydrogen (secondary N) is 1. The standard InChI is InChI=1S/C16H19N5O2S/c1-20-10-13(8-18-20)6-12-4-5-21(11-12)24(22,23)15-3-2-14-9-17-19-16(14)7-15/h2-3,7-10,12H,4-6,11H2,1H3,(H,17,19). The summed E-state index contributed by atoms with van der Waals surface area (Å²) in [6.07, 6.45) is 7.26. The first-order valence-electron chi connectivity index (χ1n) is 7.93. The molecule has 0 radical (unpaired) electrons. The number of hydrogen-bond acceptors (Lipinski definition) is 4. The highest BCUT2D eigenvalue weighted by molar-refractivity contribution is 7.89. The summed E-state index contributed by atoms with van der Waals surface area (Å²) in [4.78, 5) is 0.321. The summed E-state index contributed by atoms with van der Waals surface area (Å²) in [5, 5.41) is 11.8. The second-order valence-corrected chi connectivity index (χ2v) is 8.30. The molecular formula is C16H19N5O2S. The quantitative estimate of drug-likeness (QED) is 0.777. The Hall–Kier alpha value is -2.19. The zero-order valence-electron chi connectivity index (χ0n) is 13.4. The topological polar surface area (TPSA) is 83.9 Å². The summed E-state index contributed by atoms with van der Waals surface area (Å²) in [6.45, 7) is 1.12. The van der Waals surface area contributed by atoms with E-state index in [9.17, 15) is 8.42 Å². The zero-order valence-corrected chi connectivity index (χ0v) is 14.2. The molecule has 1 aliphatic heterocycles. The van der Waals surface area contributed by atoms with E-state index in [1.54, 1.807) is 33.4 Å². The van der Waals surface area contributed by atoms with Crippen LogP contribution in [0.1, 0.15) is 12.0 Å². The van der Waals surface area contributed by atoms with Gasteiger partial charge in [0.25, 0.3) is 0 Å². The minimum Gasteiger partial charge on any atom is -0.278 e. The molecule has 1 fully saturated rings. The number of rotatable bonds is 4. The number of H-pyrrole nitrogens is 1. The van der Waals surface area contributed by atoms with Gasteiger partial charge in [0, 0.05) is 31.7 Å². The van der Waals surface area contributed by atoms with E-state index in [-0.39, 0.29) is 0 Å². The van der Waals surface area contributed by atoms with Crippen LogP contribution in [0.3, 0.4) is 0 Å². The van der Waals surface area contributed by atoms with Gasteiger partial charge in [-0.1, -0.05) is 0 Å². The van der Waals surface area contributed by atoms with Crippen molar-refractivity contribution in [1.82, 2.24) is 24.3 Å². The van der Waals surface area contributed by atoms with Crippen LogP contribution < -0.4 is 0 Å². The van der Waals surface area contributed by atoms with Crippen LogP contribution in [-0.2, 0) is 23.5 Å². The highest BCUT2D eigenvalue weighted by atomic mass is 32.2. The van der Waals surface area contributed by atoms with Crippen molar-refractivity contribution in [2.45, 2.75) is 17.7 Å². The lowest BCUT2D eigenvalue weighted by Crippen LogP contribution is -2.29. The molecule has 3 heterocycles. The number of fused-ring (bicyclic) bond motifs is 1. The number of benzene rings is 1. The molecule has 0 spiro atoms. The monoisotopic (exact) mass is 345 g/mol. The number of hydrogen-bond donors (Lipinski definition) is 1. The Balaban J connectivity index is 1.52. The molecule has 8 heteroatoms. The van der Waals surface area contributed by atoms with E-state index in [1.165, 1.54) is 0 Å². The Morgan fingerprint density at radius 2 is 2.21 bits per heavy atom. The number of aromatic nitrogens is 4. The van der Waals surface area contributed by atoms with Crippen LogP contribution >= 0.6 is 0 Å². The maximum atomic E-state index is 12.9. The summed E-state index contributed by atoms with van der Waals surface area (Å²) < 4.78 is 29.1. The fourth-order valence-electron chi connectivity index (χ4n) is 3.32. The van der Waals surface area contributed by atoms with E-state index in [0.29, 0.717) is 23.9 Å².